The van der Waals surface area contributed by atoms with Crippen LogP contribution in [-0.2, 0) is 6.42 Å². The van der Waals surface area contributed by atoms with E-state index in [1.54, 1.807) is 0 Å². The van der Waals surface area contributed by atoms with E-state index in [1.165, 1.54) is 55.3 Å². The molecule has 1 nitrogen and oxygen atoms in total. The summed E-state index contributed by atoms with van der Waals surface area (Å²) < 4.78 is 2.36. The first-order chi connectivity index (χ1) is 16.3. The highest BCUT2D eigenvalue weighted by Crippen LogP contribution is 2.34. The van der Waals surface area contributed by atoms with E-state index in [0.717, 1.165) is 6.42 Å². The lowest BCUT2D eigenvalue weighted by molar-refractivity contribution is 1.18. The van der Waals surface area contributed by atoms with Crippen molar-refractivity contribution in [2.75, 3.05) is 0 Å². The Morgan fingerprint density at radius 3 is 2.06 bits per heavy atom. The van der Waals surface area contributed by atoms with Gasteiger partial charge < -0.3 is 4.57 Å². The van der Waals surface area contributed by atoms with Crippen LogP contribution in [0.3, 0.4) is 0 Å². The van der Waals surface area contributed by atoms with Gasteiger partial charge in [0, 0.05) is 16.5 Å². The minimum atomic E-state index is 0.964. The summed E-state index contributed by atoms with van der Waals surface area (Å²) in [6.07, 6.45) is 0.964. The van der Waals surface area contributed by atoms with Crippen LogP contribution in [0.15, 0.2) is 121 Å². The second-order valence-electron chi connectivity index (χ2n) is 8.78. The van der Waals surface area contributed by atoms with Gasteiger partial charge in [0.1, 0.15) is 0 Å². The average molecular weight is 424 g/mol. The van der Waals surface area contributed by atoms with Crippen molar-refractivity contribution in [1.82, 2.24) is 4.57 Å². The van der Waals surface area contributed by atoms with E-state index in [4.69, 9.17) is 0 Å². The first-order valence-corrected chi connectivity index (χ1v) is 11.5. The number of aryl methyl sites for hydroxylation is 1. The first kappa shape index (κ1) is 19.6. The lowest BCUT2D eigenvalue weighted by Gasteiger charge is -2.08. The molecule has 0 aliphatic carbocycles. The molecule has 0 unspecified atom stereocenters. The van der Waals surface area contributed by atoms with Gasteiger partial charge in [-0.15, -0.1) is 0 Å². The Bertz CT molecular complexity index is 1570. The van der Waals surface area contributed by atoms with Gasteiger partial charge in [0.2, 0.25) is 0 Å². The summed E-state index contributed by atoms with van der Waals surface area (Å²) >= 11 is 0. The van der Waals surface area contributed by atoms with Gasteiger partial charge in [0.05, 0.1) is 11.0 Å². The molecule has 0 spiro atoms. The van der Waals surface area contributed by atoms with Gasteiger partial charge in [-0.05, 0) is 65.9 Å². The molecule has 0 atom stereocenters. The molecule has 6 aromatic rings. The maximum atomic E-state index is 2.36. The minimum Gasteiger partial charge on any atom is -0.309 e. The largest absolute Gasteiger partial charge is 0.309 e. The van der Waals surface area contributed by atoms with Gasteiger partial charge in [0.15, 0.2) is 0 Å². The lowest BCUT2D eigenvalue weighted by Crippen LogP contribution is -1.92. The highest BCUT2D eigenvalue weighted by Gasteiger charge is 2.12. The van der Waals surface area contributed by atoms with Gasteiger partial charge in [0.25, 0.3) is 0 Å². The van der Waals surface area contributed by atoms with E-state index < -0.39 is 0 Å². The van der Waals surface area contributed by atoms with E-state index in [0.29, 0.717) is 0 Å². The topological polar surface area (TPSA) is 4.93 Å². The SMILES string of the molecule is Cc1cccc(Cc2ccc(-c3ccc4c(c3)c3ccccc3n4-c3ccccc3)cc2)c1. The molecule has 0 aliphatic rings. The predicted molar refractivity (Wildman–Crippen MR) is 140 cm³/mol. The maximum Gasteiger partial charge on any atom is 0.0541 e. The normalized spacial score (nSPS) is 11.3. The van der Waals surface area contributed by atoms with E-state index in [9.17, 15) is 0 Å². The molecule has 0 aliphatic heterocycles. The fraction of sp³-hybridized carbons (Fsp3) is 0.0625. The van der Waals surface area contributed by atoms with Crippen molar-refractivity contribution in [1.29, 1.82) is 0 Å². The summed E-state index contributed by atoms with van der Waals surface area (Å²) in [5.74, 6) is 0. The third-order valence-corrected chi connectivity index (χ3v) is 6.46. The number of hydrogen-bond acceptors (Lipinski definition) is 0. The fourth-order valence-electron chi connectivity index (χ4n) is 4.88. The fourth-order valence-corrected chi connectivity index (χ4v) is 4.88. The van der Waals surface area contributed by atoms with Crippen LogP contribution in [0.25, 0.3) is 38.6 Å². The molecule has 33 heavy (non-hydrogen) atoms. The Hall–Kier alpha value is -4.10. The van der Waals surface area contributed by atoms with Crippen molar-refractivity contribution in [3.8, 4) is 16.8 Å². The average Bonchev–Trinajstić information content (AvgIpc) is 3.19. The molecular weight excluding hydrogens is 398 g/mol. The van der Waals surface area contributed by atoms with Crippen LogP contribution in [0.2, 0.25) is 0 Å². The molecule has 5 aromatic carbocycles. The zero-order valence-electron chi connectivity index (χ0n) is 18.7. The van der Waals surface area contributed by atoms with Crippen molar-refractivity contribution < 1.29 is 0 Å². The van der Waals surface area contributed by atoms with Crippen LogP contribution in [0.4, 0.5) is 0 Å². The van der Waals surface area contributed by atoms with E-state index >= 15 is 0 Å². The lowest BCUT2D eigenvalue weighted by atomic mass is 9.98. The Labute approximate surface area is 194 Å². The molecule has 1 heterocycles. The van der Waals surface area contributed by atoms with Crippen LogP contribution < -0.4 is 0 Å². The molecule has 1 heteroatoms. The van der Waals surface area contributed by atoms with Crippen LogP contribution >= 0.6 is 0 Å². The van der Waals surface area contributed by atoms with Crippen LogP contribution in [0, 0.1) is 6.92 Å². The van der Waals surface area contributed by atoms with E-state index in [2.05, 4.69) is 133 Å². The molecule has 6 rings (SSSR count). The number of rotatable bonds is 4. The number of nitrogens with zero attached hydrogens (tertiary/aromatic N) is 1. The summed E-state index contributed by atoms with van der Waals surface area (Å²) in [6.45, 7) is 2.15. The van der Waals surface area contributed by atoms with Crippen molar-refractivity contribution in [2.24, 2.45) is 0 Å². The number of para-hydroxylation sites is 2. The Kier molecular flexibility index (Phi) is 4.81. The summed E-state index contributed by atoms with van der Waals surface area (Å²) in [4.78, 5) is 0. The minimum absolute atomic E-state index is 0.964. The molecule has 0 amide bonds. The molecular formula is C32H25N. The Morgan fingerprint density at radius 1 is 0.515 bits per heavy atom. The summed E-state index contributed by atoms with van der Waals surface area (Å²) in [5, 5.41) is 2.57. The van der Waals surface area contributed by atoms with Gasteiger partial charge in [-0.2, -0.15) is 0 Å². The highest BCUT2D eigenvalue weighted by atomic mass is 15.0. The van der Waals surface area contributed by atoms with E-state index in [1.807, 2.05) is 0 Å². The van der Waals surface area contributed by atoms with Gasteiger partial charge in [-0.25, -0.2) is 0 Å². The first-order valence-electron chi connectivity index (χ1n) is 11.5. The molecule has 0 saturated carbocycles. The van der Waals surface area contributed by atoms with Gasteiger partial charge in [-0.1, -0.05) is 96.6 Å². The zero-order chi connectivity index (χ0) is 22.2. The van der Waals surface area contributed by atoms with Crippen molar-refractivity contribution >= 4 is 21.8 Å². The molecule has 0 fully saturated rings. The number of aromatic nitrogens is 1. The highest BCUT2D eigenvalue weighted by molar-refractivity contribution is 6.10. The summed E-state index contributed by atoms with van der Waals surface area (Å²) in [7, 11) is 0. The van der Waals surface area contributed by atoms with Crippen molar-refractivity contribution in [3.63, 3.8) is 0 Å². The Morgan fingerprint density at radius 2 is 1.24 bits per heavy atom. The van der Waals surface area contributed by atoms with Crippen LogP contribution in [0.1, 0.15) is 16.7 Å². The van der Waals surface area contributed by atoms with E-state index in [-0.39, 0.29) is 0 Å². The Balaban J connectivity index is 1.41. The predicted octanol–water partition coefficient (Wildman–Crippen LogP) is 8.35. The molecule has 0 bridgehead atoms. The number of fused-ring (bicyclic) bond motifs is 3. The van der Waals surface area contributed by atoms with Gasteiger partial charge in [-0.3, -0.25) is 0 Å². The standard InChI is InChI=1S/C32H25N/c1-23-8-7-9-25(20-23)21-24-14-16-26(17-15-24)27-18-19-32-30(22-27)29-12-5-6-13-31(29)33(32)28-10-3-2-4-11-28/h2-20,22H,21H2,1H3. The summed E-state index contributed by atoms with van der Waals surface area (Å²) in [6, 6.07) is 43.9. The third kappa shape index (κ3) is 3.62. The second kappa shape index (κ2) is 8.11. The monoisotopic (exact) mass is 423 g/mol. The smallest absolute Gasteiger partial charge is 0.0541 e. The summed E-state index contributed by atoms with van der Waals surface area (Å²) in [5.41, 5.74) is 10.2. The van der Waals surface area contributed by atoms with Crippen molar-refractivity contribution in [2.45, 2.75) is 13.3 Å². The quantitative estimate of drug-likeness (QED) is 0.268. The number of hydrogen-bond donors (Lipinski definition) is 0. The number of benzene rings is 5. The zero-order valence-corrected chi connectivity index (χ0v) is 18.7. The molecule has 0 N–H and O–H groups in total. The van der Waals surface area contributed by atoms with Gasteiger partial charge >= 0.3 is 0 Å². The molecule has 158 valence electrons. The third-order valence-electron chi connectivity index (χ3n) is 6.46. The second-order valence-corrected chi connectivity index (χ2v) is 8.78. The van der Waals surface area contributed by atoms with Crippen LogP contribution in [-0.4, -0.2) is 4.57 Å². The molecule has 0 saturated heterocycles. The molecule has 1 aromatic heterocycles. The van der Waals surface area contributed by atoms with Crippen LogP contribution in [0.5, 0.6) is 0 Å². The van der Waals surface area contributed by atoms with Crippen molar-refractivity contribution in [3.05, 3.63) is 138 Å². The maximum absolute atomic E-state index is 2.36. The molecule has 0 radical (unpaired) electrons.